The number of hydrogen-bond acceptors (Lipinski definition) is 2. The van der Waals surface area contributed by atoms with E-state index in [1.165, 1.54) is 24.0 Å². The van der Waals surface area contributed by atoms with Crippen molar-refractivity contribution in [3.8, 4) is 0 Å². The van der Waals surface area contributed by atoms with Gasteiger partial charge in [-0.1, -0.05) is 29.8 Å². The van der Waals surface area contributed by atoms with E-state index in [4.69, 9.17) is 4.74 Å². The quantitative estimate of drug-likeness (QED) is 0.707. The van der Waals surface area contributed by atoms with Gasteiger partial charge in [-0.15, -0.1) is 0 Å². The van der Waals surface area contributed by atoms with E-state index < -0.39 is 0 Å². The molecule has 1 aromatic carbocycles. The number of benzene rings is 1. The molecule has 1 aliphatic carbocycles. The molecule has 2 rings (SSSR count). The fourth-order valence-electron chi connectivity index (χ4n) is 2.74. The Kier molecular flexibility index (Phi) is 6.24. The van der Waals surface area contributed by atoms with Crippen LogP contribution in [0.3, 0.4) is 0 Å². The second-order valence-electron chi connectivity index (χ2n) is 6.11. The number of amides is 1. The van der Waals surface area contributed by atoms with Gasteiger partial charge in [0.15, 0.2) is 0 Å². The first-order valence-electron chi connectivity index (χ1n) is 8.03. The molecule has 1 fully saturated rings. The first-order chi connectivity index (χ1) is 10.2. The topological polar surface area (TPSA) is 38.3 Å². The molecule has 0 bridgehead atoms. The van der Waals surface area contributed by atoms with Gasteiger partial charge in [-0.05, 0) is 50.0 Å². The standard InChI is InChI=1S/C18H27NO2/c1-14-5-7-15(8-6-14)17(16-9-10-16)13-18(20)19-11-3-4-12-21-2/h5-8,16-17H,3-4,9-13H2,1-2H3,(H,19,20). The van der Waals surface area contributed by atoms with E-state index in [-0.39, 0.29) is 5.91 Å². The molecule has 21 heavy (non-hydrogen) atoms. The number of ether oxygens (including phenoxy) is 1. The first-order valence-corrected chi connectivity index (χ1v) is 8.03. The van der Waals surface area contributed by atoms with Gasteiger partial charge < -0.3 is 10.1 Å². The molecule has 0 aliphatic heterocycles. The summed E-state index contributed by atoms with van der Waals surface area (Å²) in [5.74, 6) is 1.28. The number of aryl methyl sites for hydroxylation is 1. The van der Waals surface area contributed by atoms with Gasteiger partial charge in [-0.3, -0.25) is 4.79 Å². The Morgan fingerprint density at radius 1 is 1.29 bits per heavy atom. The fraction of sp³-hybridized carbons (Fsp3) is 0.611. The summed E-state index contributed by atoms with van der Waals surface area (Å²) >= 11 is 0. The van der Waals surface area contributed by atoms with Crippen molar-refractivity contribution in [2.45, 2.75) is 44.9 Å². The van der Waals surface area contributed by atoms with Gasteiger partial charge in [0.1, 0.15) is 0 Å². The van der Waals surface area contributed by atoms with Gasteiger partial charge in [0.05, 0.1) is 0 Å². The van der Waals surface area contributed by atoms with Crippen molar-refractivity contribution in [1.29, 1.82) is 0 Å². The average molecular weight is 289 g/mol. The summed E-state index contributed by atoms with van der Waals surface area (Å²) in [4.78, 5) is 12.1. The lowest BCUT2D eigenvalue weighted by atomic mass is 9.90. The molecule has 1 N–H and O–H groups in total. The number of methoxy groups -OCH3 is 1. The zero-order valence-electron chi connectivity index (χ0n) is 13.2. The summed E-state index contributed by atoms with van der Waals surface area (Å²) in [7, 11) is 1.71. The molecule has 0 heterocycles. The van der Waals surface area contributed by atoms with Crippen molar-refractivity contribution in [2.24, 2.45) is 5.92 Å². The Morgan fingerprint density at radius 2 is 2.00 bits per heavy atom. The summed E-state index contributed by atoms with van der Waals surface area (Å²) < 4.78 is 5.01. The van der Waals surface area contributed by atoms with E-state index in [2.05, 4.69) is 36.5 Å². The van der Waals surface area contributed by atoms with Crippen molar-refractivity contribution in [3.05, 3.63) is 35.4 Å². The minimum Gasteiger partial charge on any atom is -0.385 e. The van der Waals surface area contributed by atoms with Crippen LogP contribution in [0.1, 0.15) is 49.1 Å². The Balaban J connectivity index is 1.80. The Labute approximate surface area is 128 Å². The van der Waals surface area contributed by atoms with E-state index in [1.54, 1.807) is 7.11 Å². The molecule has 3 nitrogen and oxygen atoms in total. The molecule has 1 amide bonds. The minimum absolute atomic E-state index is 0.185. The van der Waals surface area contributed by atoms with Crippen LogP contribution >= 0.6 is 0 Å². The molecule has 3 heteroatoms. The van der Waals surface area contributed by atoms with E-state index in [0.29, 0.717) is 18.3 Å². The molecular formula is C18H27NO2. The smallest absolute Gasteiger partial charge is 0.220 e. The Bertz CT molecular complexity index is 437. The highest BCUT2D eigenvalue weighted by molar-refractivity contribution is 5.77. The fourth-order valence-corrected chi connectivity index (χ4v) is 2.74. The highest BCUT2D eigenvalue weighted by Gasteiger charge is 2.33. The van der Waals surface area contributed by atoms with Gasteiger partial charge in [0, 0.05) is 26.7 Å². The first kappa shape index (κ1) is 16.0. The summed E-state index contributed by atoms with van der Waals surface area (Å²) in [6.07, 6.45) is 5.14. The highest BCUT2D eigenvalue weighted by Crippen LogP contribution is 2.44. The monoisotopic (exact) mass is 289 g/mol. The van der Waals surface area contributed by atoms with E-state index in [1.807, 2.05) is 0 Å². The summed E-state index contributed by atoms with van der Waals surface area (Å²) in [6.45, 7) is 3.63. The van der Waals surface area contributed by atoms with Crippen LogP contribution in [-0.4, -0.2) is 26.2 Å². The number of unbranched alkanes of at least 4 members (excludes halogenated alkanes) is 1. The number of carbonyl (C=O) groups is 1. The predicted octanol–water partition coefficient (Wildman–Crippen LogP) is 3.42. The molecule has 0 radical (unpaired) electrons. The normalized spacial score (nSPS) is 15.7. The van der Waals surface area contributed by atoms with Gasteiger partial charge >= 0.3 is 0 Å². The van der Waals surface area contributed by atoms with Gasteiger partial charge in [0.2, 0.25) is 5.91 Å². The Hall–Kier alpha value is -1.35. The molecule has 0 saturated heterocycles. The van der Waals surface area contributed by atoms with Crippen molar-refractivity contribution in [3.63, 3.8) is 0 Å². The lowest BCUT2D eigenvalue weighted by molar-refractivity contribution is -0.121. The van der Waals surface area contributed by atoms with Crippen LogP contribution in [0.25, 0.3) is 0 Å². The number of rotatable bonds is 9. The van der Waals surface area contributed by atoms with E-state index in [9.17, 15) is 4.79 Å². The molecule has 1 aromatic rings. The maximum Gasteiger partial charge on any atom is 0.220 e. The average Bonchev–Trinajstić information content (AvgIpc) is 3.30. The predicted molar refractivity (Wildman–Crippen MR) is 85.4 cm³/mol. The van der Waals surface area contributed by atoms with Crippen LogP contribution in [-0.2, 0) is 9.53 Å². The van der Waals surface area contributed by atoms with Crippen LogP contribution in [0.5, 0.6) is 0 Å². The van der Waals surface area contributed by atoms with Gasteiger partial charge in [-0.25, -0.2) is 0 Å². The molecule has 116 valence electrons. The molecule has 1 aliphatic rings. The van der Waals surface area contributed by atoms with Crippen LogP contribution < -0.4 is 5.32 Å². The van der Waals surface area contributed by atoms with Crippen molar-refractivity contribution in [1.82, 2.24) is 5.32 Å². The third-order valence-electron chi connectivity index (χ3n) is 4.20. The van der Waals surface area contributed by atoms with Crippen LogP contribution in [0.4, 0.5) is 0 Å². The van der Waals surface area contributed by atoms with Crippen LogP contribution in [0.2, 0.25) is 0 Å². The van der Waals surface area contributed by atoms with Crippen molar-refractivity contribution >= 4 is 5.91 Å². The molecule has 1 unspecified atom stereocenters. The molecule has 1 atom stereocenters. The molecule has 1 saturated carbocycles. The van der Waals surface area contributed by atoms with Crippen LogP contribution in [0, 0.1) is 12.8 Å². The highest BCUT2D eigenvalue weighted by atomic mass is 16.5. The zero-order valence-corrected chi connectivity index (χ0v) is 13.2. The third kappa shape index (κ3) is 5.50. The van der Waals surface area contributed by atoms with Gasteiger partial charge in [-0.2, -0.15) is 0 Å². The molecule has 0 aromatic heterocycles. The minimum atomic E-state index is 0.185. The maximum atomic E-state index is 12.1. The van der Waals surface area contributed by atoms with Crippen molar-refractivity contribution < 1.29 is 9.53 Å². The summed E-state index contributed by atoms with van der Waals surface area (Å²) in [5.41, 5.74) is 2.59. The second-order valence-corrected chi connectivity index (χ2v) is 6.11. The van der Waals surface area contributed by atoms with Crippen molar-refractivity contribution in [2.75, 3.05) is 20.3 Å². The lowest BCUT2D eigenvalue weighted by Gasteiger charge is -2.17. The zero-order chi connectivity index (χ0) is 15.1. The SMILES string of the molecule is COCCCCNC(=O)CC(c1ccc(C)cc1)C1CC1. The number of carbonyl (C=O) groups excluding carboxylic acids is 1. The summed E-state index contributed by atoms with van der Waals surface area (Å²) in [5, 5.41) is 3.04. The van der Waals surface area contributed by atoms with E-state index >= 15 is 0 Å². The van der Waals surface area contributed by atoms with Crippen LogP contribution in [0.15, 0.2) is 24.3 Å². The second kappa shape index (κ2) is 8.18. The third-order valence-corrected chi connectivity index (χ3v) is 4.20. The Morgan fingerprint density at radius 3 is 2.62 bits per heavy atom. The van der Waals surface area contributed by atoms with E-state index in [0.717, 1.165) is 26.0 Å². The maximum absolute atomic E-state index is 12.1. The summed E-state index contributed by atoms with van der Waals surface area (Å²) in [6, 6.07) is 8.66. The molecular weight excluding hydrogens is 262 g/mol. The number of hydrogen-bond donors (Lipinski definition) is 1. The number of nitrogens with one attached hydrogen (secondary N) is 1. The largest absolute Gasteiger partial charge is 0.385 e. The molecule has 0 spiro atoms. The van der Waals surface area contributed by atoms with Gasteiger partial charge in [0.25, 0.3) is 0 Å². The lowest BCUT2D eigenvalue weighted by Crippen LogP contribution is -2.26.